The van der Waals surface area contributed by atoms with E-state index in [-0.39, 0.29) is 29.6 Å². The number of rotatable bonds is 6. The zero-order chi connectivity index (χ0) is 28.2. The van der Waals surface area contributed by atoms with E-state index in [0.29, 0.717) is 33.9 Å². The summed E-state index contributed by atoms with van der Waals surface area (Å²) in [6.07, 6.45) is 8.88. The third-order valence-electron chi connectivity index (χ3n) is 8.12. The smallest absolute Gasteiger partial charge is 0.246 e. The van der Waals surface area contributed by atoms with Crippen molar-refractivity contribution < 1.29 is 13.9 Å². The highest BCUT2D eigenvalue weighted by molar-refractivity contribution is 5.89. The van der Waals surface area contributed by atoms with Gasteiger partial charge in [0.1, 0.15) is 34.7 Å². The Hall–Kier alpha value is -4.93. The average Bonchev–Trinajstić information content (AvgIpc) is 3.68. The first kappa shape index (κ1) is 25.1. The first-order chi connectivity index (χ1) is 19.9. The van der Waals surface area contributed by atoms with Crippen molar-refractivity contribution >= 4 is 39.6 Å². The Kier molecular flexibility index (Phi) is 5.88. The average molecular weight is 551 g/mol. The zero-order valence-corrected chi connectivity index (χ0v) is 22.6. The minimum Gasteiger partial charge on any atom is -0.455 e. The summed E-state index contributed by atoms with van der Waals surface area (Å²) in [4.78, 5) is 36.8. The van der Waals surface area contributed by atoms with Gasteiger partial charge in [-0.05, 0) is 56.0 Å². The van der Waals surface area contributed by atoms with Crippen LogP contribution in [0.5, 0.6) is 11.5 Å². The van der Waals surface area contributed by atoms with E-state index in [0.717, 1.165) is 36.2 Å². The highest BCUT2D eigenvalue weighted by Gasteiger charge is 2.48. The van der Waals surface area contributed by atoms with Crippen LogP contribution in [-0.4, -0.2) is 52.4 Å². The Morgan fingerprint density at radius 1 is 1.15 bits per heavy atom. The second kappa shape index (κ2) is 9.61. The van der Waals surface area contributed by atoms with E-state index in [2.05, 4.69) is 31.8 Å². The van der Waals surface area contributed by atoms with E-state index in [1.807, 2.05) is 35.6 Å². The Morgan fingerprint density at radius 2 is 2.02 bits per heavy atom. The molecular weight excluding hydrogens is 523 g/mol. The quantitative estimate of drug-likeness (QED) is 0.283. The molecule has 1 unspecified atom stereocenters. The zero-order valence-electron chi connectivity index (χ0n) is 22.6. The van der Waals surface area contributed by atoms with Crippen LogP contribution in [0.4, 0.5) is 15.9 Å². The van der Waals surface area contributed by atoms with E-state index in [1.165, 1.54) is 18.5 Å². The number of hydrogen-bond acceptors (Lipinski definition) is 8. The maximum absolute atomic E-state index is 15.4. The molecule has 11 heteroatoms. The van der Waals surface area contributed by atoms with E-state index < -0.39 is 5.82 Å². The summed E-state index contributed by atoms with van der Waals surface area (Å²) >= 11 is 0. The molecule has 206 valence electrons. The lowest BCUT2D eigenvalue weighted by atomic mass is 9.86. The summed E-state index contributed by atoms with van der Waals surface area (Å²) in [7, 11) is 1.86. The number of aryl methyl sites for hydroxylation is 2. The van der Waals surface area contributed by atoms with E-state index >= 15 is 4.39 Å². The van der Waals surface area contributed by atoms with Crippen molar-refractivity contribution in [3.05, 3.63) is 78.9 Å². The van der Waals surface area contributed by atoms with Gasteiger partial charge >= 0.3 is 0 Å². The summed E-state index contributed by atoms with van der Waals surface area (Å²) < 4.78 is 23.1. The third-order valence-corrected chi connectivity index (χ3v) is 8.12. The van der Waals surface area contributed by atoms with Crippen molar-refractivity contribution in [2.75, 3.05) is 5.32 Å². The minimum atomic E-state index is -0.507. The van der Waals surface area contributed by atoms with Crippen LogP contribution < -0.4 is 10.1 Å². The second-order valence-corrected chi connectivity index (χ2v) is 10.6. The Morgan fingerprint density at radius 3 is 2.88 bits per heavy atom. The molecule has 1 N–H and O–H groups in total. The van der Waals surface area contributed by atoms with Gasteiger partial charge in [-0.2, -0.15) is 0 Å². The van der Waals surface area contributed by atoms with Crippen LogP contribution in [0.1, 0.15) is 36.4 Å². The molecule has 0 aliphatic carbocycles. The number of pyridine rings is 2. The van der Waals surface area contributed by atoms with E-state index in [9.17, 15) is 4.79 Å². The lowest BCUT2D eigenvalue weighted by molar-refractivity contribution is -0.127. The molecule has 2 fully saturated rings. The van der Waals surface area contributed by atoms with Gasteiger partial charge in [0.25, 0.3) is 0 Å². The van der Waals surface area contributed by atoms with Gasteiger partial charge in [0.05, 0.1) is 23.7 Å². The van der Waals surface area contributed by atoms with Crippen LogP contribution in [0.3, 0.4) is 0 Å². The largest absolute Gasteiger partial charge is 0.455 e. The maximum Gasteiger partial charge on any atom is 0.246 e. The number of amides is 1. The first-order valence-corrected chi connectivity index (χ1v) is 13.5. The summed E-state index contributed by atoms with van der Waals surface area (Å²) in [5.74, 6) is 0.811. The molecule has 2 bridgehead atoms. The molecule has 0 radical (unpaired) electrons. The van der Waals surface area contributed by atoms with E-state index in [4.69, 9.17) is 9.72 Å². The number of fused-ring (bicyclic) bond motifs is 4. The number of imidazole rings is 1. The van der Waals surface area contributed by atoms with Crippen molar-refractivity contribution in [3.8, 4) is 11.5 Å². The van der Waals surface area contributed by atoms with Crippen LogP contribution in [0.2, 0.25) is 0 Å². The van der Waals surface area contributed by atoms with Crippen molar-refractivity contribution in [3.63, 3.8) is 0 Å². The summed E-state index contributed by atoms with van der Waals surface area (Å²) in [5, 5.41) is 3.11. The predicted octanol–water partition coefficient (Wildman–Crippen LogP) is 5.32. The highest BCUT2D eigenvalue weighted by atomic mass is 19.1. The molecule has 2 aliphatic rings. The van der Waals surface area contributed by atoms with Gasteiger partial charge in [0.2, 0.25) is 5.91 Å². The number of halogens is 1. The number of ether oxygens (including phenoxy) is 1. The molecule has 1 aromatic carbocycles. The molecule has 10 nitrogen and oxygen atoms in total. The summed E-state index contributed by atoms with van der Waals surface area (Å²) in [6, 6.07) is 8.95. The fourth-order valence-electron chi connectivity index (χ4n) is 6.19. The number of carbonyl (C=O) groups is 1. The van der Waals surface area contributed by atoms with Crippen molar-refractivity contribution in [1.29, 1.82) is 0 Å². The van der Waals surface area contributed by atoms with Gasteiger partial charge in [-0.3, -0.25) is 4.79 Å². The number of benzene rings is 1. The lowest BCUT2D eigenvalue weighted by Gasteiger charge is -2.23. The van der Waals surface area contributed by atoms with Crippen molar-refractivity contribution in [1.82, 2.24) is 34.4 Å². The van der Waals surface area contributed by atoms with Gasteiger partial charge in [-0.1, -0.05) is 6.58 Å². The molecule has 0 spiro atoms. The number of nitrogens with zero attached hydrogens (tertiary/aromatic N) is 7. The second-order valence-electron chi connectivity index (χ2n) is 10.6. The van der Waals surface area contributed by atoms with Crippen LogP contribution in [0.25, 0.3) is 22.2 Å². The van der Waals surface area contributed by atoms with Gasteiger partial charge in [0, 0.05) is 42.9 Å². The molecule has 4 aromatic heterocycles. The molecule has 41 heavy (non-hydrogen) atoms. The lowest BCUT2D eigenvalue weighted by Crippen LogP contribution is -2.34. The number of carbonyl (C=O) groups excluding carboxylic acids is 1. The van der Waals surface area contributed by atoms with Crippen LogP contribution in [-0.2, 0) is 11.8 Å². The Bertz CT molecular complexity index is 1850. The molecule has 5 aromatic rings. The molecule has 7 rings (SSSR count). The number of anilines is 2. The first-order valence-electron chi connectivity index (χ1n) is 13.5. The number of aromatic nitrogens is 6. The molecular formula is C30H27FN8O2. The molecule has 3 atom stereocenters. The highest BCUT2D eigenvalue weighted by Crippen LogP contribution is 2.46. The van der Waals surface area contributed by atoms with Crippen LogP contribution in [0.15, 0.2) is 61.8 Å². The topological polar surface area (TPSA) is 111 Å². The van der Waals surface area contributed by atoms with Crippen molar-refractivity contribution in [2.45, 2.75) is 44.2 Å². The van der Waals surface area contributed by atoms with Gasteiger partial charge in [0.15, 0.2) is 11.5 Å². The number of hydrogen-bond donors (Lipinski definition) is 1. The van der Waals surface area contributed by atoms with Gasteiger partial charge < -0.3 is 19.5 Å². The Labute approximate surface area is 234 Å². The monoisotopic (exact) mass is 550 g/mol. The number of nitrogens with one attached hydrogen (secondary N) is 1. The SMILES string of the molecule is C=CC(=O)N1C2CC[C@H]1[C@H](c1ccc3ncnc(Nc4cc(C)c(Oc5cnc6c(c5)ncn6C)cc4F)c3n1)C2. The van der Waals surface area contributed by atoms with Crippen LogP contribution >= 0.6 is 0 Å². The maximum atomic E-state index is 15.4. The third kappa shape index (κ3) is 4.24. The fourth-order valence-corrected chi connectivity index (χ4v) is 6.19. The van der Waals surface area contributed by atoms with Gasteiger partial charge in [-0.15, -0.1) is 0 Å². The summed E-state index contributed by atoms with van der Waals surface area (Å²) in [5.41, 5.74) is 4.44. The van der Waals surface area contributed by atoms with Crippen molar-refractivity contribution in [2.24, 2.45) is 7.05 Å². The predicted molar refractivity (Wildman–Crippen MR) is 152 cm³/mol. The molecule has 2 saturated heterocycles. The Balaban J connectivity index is 1.17. The van der Waals surface area contributed by atoms with Gasteiger partial charge in [-0.25, -0.2) is 29.3 Å². The standard InChI is InChI=1S/C30H27FN8O2/c1-4-27(40)39-17-5-8-25(39)19(10-17)21-6-7-22-28(36-21)29(34-14-33-22)37-23-9-16(2)26(12-20(23)31)41-18-11-24-30(32-13-18)38(3)15-35-24/h4,6-7,9,11-15,17,19,25H,1,5,8,10H2,2-3H3,(H,33,34,37)/t17?,19-,25-/m0/s1. The molecule has 1 amide bonds. The normalized spacial score (nSPS) is 19.7. The molecule has 2 aliphatic heterocycles. The van der Waals surface area contributed by atoms with Crippen LogP contribution in [0, 0.1) is 12.7 Å². The molecule has 6 heterocycles. The summed E-state index contributed by atoms with van der Waals surface area (Å²) in [6.45, 7) is 5.51. The molecule has 0 saturated carbocycles. The fraction of sp³-hybridized carbons (Fsp3) is 0.267. The van der Waals surface area contributed by atoms with E-state index in [1.54, 1.807) is 24.7 Å². The minimum absolute atomic E-state index is 0.0294.